The number of rotatable bonds is 5. The highest BCUT2D eigenvalue weighted by Gasteiger charge is 2.32. The molecular weight excluding hydrogens is 219 g/mol. The Morgan fingerprint density at radius 1 is 0.889 bits per heavy atom. The molecular formula is C16H29BO. The van der Waals surface area contributed by atoms with Crippen molar-refractivity contribution < 1.29 is 4.74 Å². The second-order valence-electron chi connectivity index (χ2n) is 6.26. The zero-order valence-electron chi connectivity index (χ0n) is 12.1. The highest BCUT2D eigenvalue weighted by atomic mass is 16.5. The van der Waals surface area contributed by atoms with Gasteiger partial charge in [-0.2, -0.15) is 0 Å². The van der Waals surface area contributed by atoms with Crippen LogP contribution in [0.15, 0.2) is 12.1 Å². The third-order valence-corrected chi connectivity index (χ3v) is 5.01. The topological polar surface area (TPSA) is 9.23 Å². The first-order valence-corrected chi connectivity index (χ1v) is 8.07. The van der Waals surface area contributed by atoms with E-state index in [1.54, 1.807) is 7.11 Å². The van der Waals surface area contributed by atoms with Gasteiger partial charge in [0.15, 0.2) is 6.71 Å². The average Bonchev–Trinajstić information content (AvgIpc) is 2.46. The maximum Gasteiger partial charge on any atom is 0.172 e. The van der Waals surface area contributed by atoms with E-state index in [0.29, 0.717) is 0 Å². The number of hydrogen-bond donors (Lipinski definition) is 0. The summed E-state index contributed by atoms with van der Waals surface area (Å²) >= 11 is 0. The number of ether oxygens (including phenoxy) is 1. The second-order valence-corrected chi connectivity index (χ2v) is 6.26. The smallest absolute Gasteiger partial charge is 0.172 e. The fourth-order valence-electron chi connectivity index (χ4n) is 4.05. The van der Waals surface area contributed by atoms with Crippen molar-refractivity contribution in [3.8, 4) is 0 Å². The first-order chi connectivity index (χ1) is 8.92. The molecule has 0 spiro atoms. The van der Waals surface area contributed by atoms with Crippen LogP contribution in [0.1, 0.15) is 64.2 Å². The molecule has 0 aromatic rings. The summed E-state index contributed by atoms with van der Waals surface area (Å²) in [5, 5.41) is 0. The van der Waals surface area contributed by atoms with Crippen molar-refractivity contribution in [1.29, 1.82) is 0 Å². The zero-order chi connectivity index (χ0) is 12.6. The standard InChI is InChI=1S/C16H29BO/c1-18-14-8-13-17(15-9-4-2-5-10-15)16-11-6-3-7-12-16/h8,13,15-16H,2-7,9-12,14H2,1H3/b13-8+. The van der Waals surface area contributed by atoms with Crippen LogP contribution >= 0.6 is 0 Å². The summed E-state index contributed by atoms with van der Waals surface area (Å²) < 4.78 is 5.18. The van der Waals surface area contributed by atoms with Crippen molar-refractivity contribution in [2.75, 3.05) is 13.7 Å². The molecule has 0 saturated heterocycles. The molecule has 0 aromatic heterocycles. The molecule has 1 nitrogen and oxygen atoms in total. The van der Waals surface area contributed by atoms with Gasteiger partial charge in [-0.25, -0.2) is 0 Å². The largest absolute Gasteiger partial charge is 0.381 e. The first-order valence-electron chi connectivity index (χ1n) is 8.07. The molecule has 0 atom stereocenters. The van der Waals surface area contributed by atoms with Gasteiger partial charge in [0.25, 0.3) is 0 Å². The summed E-state index contributed by atoms with van der Waals surface area (Å²) in [6.07, 6.45) is 16.9. The van der Waals surface area contributed by atoms with Crippen LogP contribution in [-0.4, -0.2) is 20.4 Å². The normalized spacial score (nSPS) is 23.6. The van der Waals surface area contributed by atoms with Crippen molar-refractivity contribution >= 4 is 6.71 Å². The van der Waals surface area contributed by atoms with Crippen molar-refractivity contribution in [3.05, 3.63) is 12.1 Å². The summed E-state index contributed by atoms with van der Waals surface area (Å²) in [5.41, 5.74) is 0. The molecule has 0 unspecified atom stereocenters. The van der Waals surface area contributed by atoms with Crippen LogP contribution in [0.2, 0.25) is 11.6 Å². The molecule has 0 aromatic carbocycles. The molecule has 0 aliphatic heterocycles. The van der Waals surface area contributed by atoms with Crippen LogP contribution in [0.4, 0.5) is 0 Å². The SMILES string of the molecule is COC/C=C/B(C1CCCCC1)C1CCCCC1. The Hall–Kier alpha value is -0.235. The molecule has 2 rings (SSSR count). The van der Waals surface area contributed by atoms with Gasteiger partial charge < -0.3 is 4.74 Å². The molecule has 2 saturated carbocycles. The minimum absolute atomic E-state index is 0.788. The van der Waals surface area contributed by atoms with E-state index in [-0.39, 0.29) is 0 Å². The number of methoxy groups -OCH3 is 1. The lowest BCUT2D eigenvalue weighted by Gasteiger charge is -2.34. The van der Waals surface area contributed by atoms with E-state index in [1.807, 2.05) is 0 Å². The van der Waals surface area contributed by atoms with Gasteiger partial charge in [-0.15, -0.1) is 5.98 Å². The third-order valence-electron chi connectivity index (χ3n) is 5.01. The fourth-order valence-corrected chi connectivity index (χ4v) is 4.05. The third kappa shape index (κ3) is 4.15. The zero-order valence-corrected chi connectivity index (χ0v) is 12.1. The summed E-state index contributed by atoms with van der Waals surface area (Å²) in [6.45, 7) is 1.64. The Kier molecular flexibility index (Phi) is 6.33. The lowest BCUT2D eigenvalue weighted by atomic mass is 9.30. The van der Waals surface area contributed by atoms with Crippen LogP contribution in [0.25, 0.3) is 0 Å². The second kappa shape index (κ2) is 8.04. The summed E-state index contributed by atoms with van der Waals surface area (Å²) in [5.74, 6) is 4.44. The van der Waals surface area contributed by atoms with E-state index in [1.165, 1.54) is 64.2 Å². The lowest BCUT2D eigenvalue weighted by molar-refractivity contribution is 0.234. The Bertz CT molecular complexity index is 221. The molecule has 102 valence electrons. The molecule has 18 heavy (non-hydrogen) atoms. The maximum atomic E-state index is 5.18. The van der Waals surface area contributed by atoms with Crippen LogP contribution < -0.4 is 0 Å². The quantitative estimate of drug-likeness (QED) is 0.629. The minimum Gasteiger partial charge on any atom is -0.381 e. The predicted molar refractivity (Wildman–Crippen MR) is 80.4 cm³/mol. The Balaban J connectivity index is 1.95. The Morgan fingerprint density at radius 2 is 1.39 bits per heavy atom. The Labute approximate surface area is 113 Å². The van der Waals surface area contributed by atoms with E-state index >= 15 is 0 Å². The van der Waals surface area contributed by atoms with Crippen molar-refractivity contribution in [3.63, 3.8) is 0 Å². The van der Waals surface area contributed by atoms with Gasteiger partial charge in [-0.3, -0.25) is 0 Å². The highest BCUT2D eigenvalue weighted by molar-refractivity contribution is 6.67. The van der Waals surface area contributed by atoms with Gasteiger partial charge in [0.1, 0.15) is 0 Å². The number of hydrogen-bond acceptors (Lipinski definition) is 1. The minimum atomic E-state index is 0.788. The maximum absolute atomic E-state index is 5.18. The lowest BCUT2D eigenvalue weighted by Crippen LogP contribution is -2.28. The summed E-state index contributed by atoms with van der Waals surface area (Å²) in [4.78, 5) is 0. The van der Waals surface area contributed by atoms with E-state index < -0.39 is 0 Å². The van der Waals surface area contributed by atoms with Crippen LogP contribution in [-0.2, 0) is 4.74 Å². The van der Waals surface area contributed by atoms with Gasteiger partial charge >= 0.3 is 0 Å². The molecule has 2 aliphatic rings. The van der Waals surface area contributed by atoms with Gasteiger partial charge in [-0.1, -0.05) is 81.9 Å². The van der Waals surface area contributed by atoms with Crippen LogP contribution in [0.3, 0.4) is 0 Å². The van der Waals surface area contributed by atoms with Crippen LogP contribution in [0.5, 0.6) is 0 Å². The van der Waals surface area contributed by atoms with Crippen LogP contribution in [0, 0.1) is 0 Å². The molecule has 0 bridgehead atoms. The summed E-state index contributed by atoms with van der Waals surface area (Å²) in [6, 6.07) is 0. The molecule has 0 amide bonds. The highest BCUT2D eigenvalue weighted by Crippen LogP contribution is 2.41. The molecule has 0 radical (unpaired) electrons. The summed E-state index contributed by atoms with van der Waals surface area (Å²) in [7, 11) is 1.79. The molecule has 0 N–H and O–H groups in total. The van der Waals surface area contributed by atoms with E-state index in [9.17, 15) is 0 Å². The predicted octanol–water partition coefficient (Wildman–Crippen LogP) is 4.89. The Morgan fingerprint density at radius 3 is 1.83 bits per heavy atom. The van der Waals surface area contributed by atoms with Crippen molar-refractivity contribution in [1.82, 2.24) is 0 Å². The monoisotopic (exact) mass is 248 g/mol. The van der Waals surface area contributed by atoms with Gasteiger partial charge in [0, 0.05) is 7.11 Å². The fraction of sp³-hybridized carbons (Fsp3) is 0.875. The molecule has 2 fully saturated rings. The van der Waals surface area contributed by atoms with Gasteiger partial charge in [0.05, 0.1) is 6.61 Å². The average molecular weight is 248 g/mol. The molecule has 2 aliphatic carbocycles. The van der Waals surface area contributed by atoms with Gasteiger partial charge in [-0.05, 0) is 0 Å². The first kappa shape index (κ1) is 14.2. The molecule has 2 heteroatoms. The van der Waals surface area contributed by atoms with Crippen molar-refractivity contribution in [2.24, 2.45) is 0 Å². The van der Waals surface area contributed by atoms with Gasteiger partial charge in [0.2, 0.25) is 0 Å². The van der Waals surface area contributed by atoms with E-state index in [0.717, 1.165) is 25.0 Å². The molecule has 0 heterocycles. The van der Waals surface area contributed by atoms with Crippen molar-refractivity contribution in [2.45, 2.75) is 75.8 Å². The van der Waals surface area contributed by atoms with E-state index in [2.05, 4.69) is 12.1 Å². The van der Waals surface area contributed by atoms with E-state index in [4.69, 9.17) is 4.74 Å².